The number of urea groups is 1. The van der Waals surface area contributed by atoms with Gasteiger partial charge in [-0.25, -0.2) is 9.52 Å². The first-order valence-corrected chi connectivity index (χ1v) is 9.23. The second-order valence-electron chi connectivity index (χ2n) is 4.79. The number of nitrogens with one attached hydrogen (secondary N) is 3. The van der Waals surface area contributed by atoms with E-state index in [0.29, 0.717) is 5.69 Å². The molecular weight excluding hydrogens is 370 g/mol. The van der Waals surface area contributed by atoms with Gasteiger partial charge >= 0.3 is 16.2 Å². The van der Waals surface area contributed by atoms with Crippen LogP contribution in [0.3, 0.4) is 0 Å². The van der Waals surface area contributed by atoms with Crippen LogP contribution in [0.25, 0.3) is 0 Å². The molecule has 0 saturated carbocycles. The Labute approximate surface area is 148 Å². The summed E-state index contributed by atoms with van der Waals surface area (Å²) in [7, 11) is -1.36. The number of amides is 2. The molecular formula is C13H17N5O5S2. The summed E-state index contributed by atoms with van der Waals surface area (Å²) < 4.78 is 38.2. The summed E-state index contributed by atoms with van der Waals surface area (Å²) in [5.74, 6) is 0.118. The highest BCUT2D eigenvalue weighted by Gasteiger charge is 2.18. The number of ether oxygens (including phenoxy) is 2. The summed E-state index contributed by atoms with van der Waals surface area (Å²) in [6, 6.07) is 0.372. The third-order valence-corrected chi connectivity index (χ3v) is 4.90. The van der Waals surface area contributed by atoms with Crippen LogP contribution in [0.4, 0.5) is 16.4 Å². The number of hydrogen-bond donors (Lipinski definition) is 3. The Kier molecular flexibility index (Phi) is 5.64. The molecule has 0 unspecified atom stereocenters. The highest BCUT2D eigenvalue weighted by molar-refractivity contribution is 7.91. The van der Waals surface area contributed by atoms with Crippen molar-refractivity contribution in [2.45, 2.75) is 13.8 Å². The van der Waals surface area contributed by atoms with Crippen molar-refractivity contribution in [3.8, 4) is 11.8 Å². The fraction of sp³-hybridized carbons (Fsp3) is 0.308. The lowest BCUT2D eigenvalue weighted by Gasteiger charge is -2.11. The van der Waals surface area contributed by atoms with Gasteiger partial charge in [0.25, 0.3) is 0 Å². The number of aryl methyl sites for hydroxylation is 2. The number of hydrogen-bond acceptors (Lipinski definition) is 8. The zero-order chi connectivity index (χ0) is 18.6. The largest absolute Gasteiger partial charge is 0.481 e. The predicted molar refractivity (Wildman–Crippen MR) is 93.6 cm³/mol. The molecule has 2 aromatic rings. The maximum atomic E-state index is 12.1. The van der Waals surface area contributed by atoms with Crippen LogP contribution >= 0.6 is 11.3 Å². The summed E-state index contributed by atoms with van der Waals surface area (Å²) in [6.45, 7) is 3.53. The number of carbonyl (C=O) groups is 1. The van der Waals surface area contributed by atoms with Gasteiger partial charge in [0.1, 0.15) is 0 Å². The second kappa shape index (κ2) is 7.53. The van der Waals surface area contributed by atoms with E-state index in [9.17, 15) is 13.2 Å². The van der Waals surface area contributed by atoms with Gasteiger partial charge in [-0.3, -0.25) is 10.0 Å². The molecule has 0 aromatic carbocycles. The second-order valence-corrected chi connectivity index (χ2v) is 7.29. The molecule has 2 rings (SSSR count). The van der Waals surface area contributed by atoms with E-state index < -0.39 is 16.2 Å². The first kappa shape index (κ1) is 18.7. The smallest absolute Gasteiger partial charge is 0.336 e. The van der Waals surface area contributed by atoms with Crippen LogP contribution < -0.4 is 24.2 Å². The van der Waals surface area contributed by atoms with Crippen molar-refractivity contribution in [3.05, 3.63) is 21.9 Å². The van der Waals surface area contributed by atoms with Gasteiger partial charge in [0.2, 0.25) is 17.7 Å². The van der Waals surface area contributed by atoms with Crippen LogP contribution in [0, 0.1) is 13.8 Å². The van der Waals surface area contributed by atoms with Gasteiger partial charge in [0, 0.05) is 4.88 Å². The van der Waals surface area contributed by atoms with E-state index >= 15 is 0 Å². The molecule has 2 aromatic heterocycles. The maximum absolute atomic E-state index is 12.1. The Morgan fingerprint density at radius 2 is 1.76 bits per heavy atom. The van der Waals surface area contributed by atoms with Crippen LogP contribution in [-0.2, 0) is 10.2 Å². The molecule has 0 aliphatic heterocycles. The molecule has 3 N–H and O–H groups in total. The fourth-order valence-corrected chi connectivity index (χ4v) is 3.60. The van der Waals surface area contributed by atoms with Crippen molar-refractivity contribution < 1.29 is 22.7 Å². The van der Waals surface area contributed by atoms with Crippen molar-refractivity contribution in [2.24, 2.45) is 0 Å². The molecule has 2 amide bonds. The SMILES string of the molecule is COc1cc(OC)nc(NC(=O)NS(=O)(=O)Nc2c(C)csc2C)n1. The van der Waals surface area contributed by atoms with E-state index in [1.165, 1.54) is 31.6 Å². The molecule has 0 radical (unpaired) electrons. The van der Waals surface area contributed by atoms with Crippen LogP contribution in [-0.4, -0.2) is 38.6 Å². The molecule has 0 aliphatic rings. The number of anilines is 2. The molecule has 136 valence electrons. The molecule has 25 heavy (non-hydrogen) atoms. The first-order chi connectivity index (χ1) is 11.7. The number of rotatable bonds is 6. The molecule has 0 saturated heterocycles. The van der Waals surface area contributed by atoms with E-state index in [0.717, 1.165) is 10.4 Å². The van der Waals surface area contributed by atoms with Gasteiger partial charge in [0.15, 0.2) is 0 Å². The molecule has 0 aliphatic carbocycles. The lowest BCUT2D eigenvalue weighted by Crippen LogP contribution is -2.38. The van der Waals surface area contributed by atoms with Crippen LogP contribution in [0.5, 0.6) is 11.8 Å². The molecule has 0 fully saturated rings. The fourth-order valence-electron chi connectivity index (χ4n) is 1.80. The Morgan fingerprint density at radius 3 is 2.24 bits per heavy atom. The van der Waals surface area contributed by atoms with Gasteiger partial charge < -0.3 is 9.47 Å². The van der Waals surface area contributed by atoms with Gasteiger partial charge in [-0.2, -0.15) is 18.4 Å². The lowest BCUT2D eigenvalue weighted by molar-refractivity contribution is 0.256. The number of methoxy groups -OCH3 is 2. The van der Waals surface area contributed by atoms with Crippen molar-refractivity contribution in [3.63, 3.8) is 0 Å². The third-order valence-electron chi connectivity index (χ3n) is 2.95. The molecule has 0 bridgehead atoms. The molecule has 0 spiro atoms. The van der Waals surface area contributed by atoms with E-state index in [1.54, 1.807) is 13.8 Å². The van der Waals surface area contributed by atoms with E-state index in [1.807, 2.05) is 10.1 Å². The molecule has 0 atom stereocenters. The van der Waals surface area contributed by atoms with Gasteiger partial charge in [0.05, 0.1) is 26.0 Å². The Balaban J connectivity index is 2.09. The normalized spacial score (nSPS) is 10.9. The average molecular weight is 387 g/mol. The zero-order valence-electron chi connectivity index (χ0n) is 13.9. The van der Waals surface area contributed by atoms with Crippen molar-refractivity contribution >= 4 is 39.2 Å². The van der Waals surface area contributed by atoms with Gasteiger partial charge in [-0.05, 0) is 24.8 Å². The Morgan fingerprint density at radius 1 is 1.16 bits per heavy atom. The van der Waals surface area contributed by atoms with Crippen LogP contribution in [0.2, 0.25) is 0 Å². The van der Waals surface area contributed by atoms with Crippen molar-refractivity contribution in [1.29, 1.82) is 0 Å². The quantitative estimate of drug-likeness (QED) is 0.686. The average Bonchev–Trinajstić information content (AvgIpc) is 2.85. The summed E-state index contributed by atoms with van der Waals surface area (Å²) in [6.07, 6.45) is 0. The number of nitrogens with zero attached hydrogens (tertiary/aromatic N) is 2. The summed E-state index contributed by atoms with van der Waals surface area (Å²) in [5.41, 5.74) is 1.19. The number of aromatic nitrogens is 2. The van der Waals surface area contributed by atoms with E-state index in [4.69, 9.17) is 9.47 Å². The zero-order valence-corrected chi connectivity index (χ0v) is 15.5. The maximum Gasteiger partial charge on any atom is 0.336 e. The van der Waals surface area contributed by atoms with Gasteiger partial charge in [-0.1, -0.05) is 0 Å². The molecule has 12 heteroatoms. The summed E-state index contributed by atoms with van der Waals surface area (Å²) >= 11 is 1.40. The standard InChI is InChI=1S/C13H17N5O5S2/c1-7-6-24-8(2)11(7)17-25(20,21)18-13(19)16-12-14-9(22-3)5-10(15-12)23-4/h5-6,17H,1-4H3,(H2,14,15,16,18,19). The Hall–Kier alpha value is -2.60. The minimum absolute atomic E-state index is 0.146. The lowest BCUT2D eigenvalue weighted by atomic mass is 10.3. The monoisotopic (exact) mass is 387 g/mol. The highest BCUT2D eigenvalue weighted by Crippen LogP contribution is 2.27. The number of thiophene rings is 1. The van der Waals surface area contributed by atoms with E-state index in [-0.39, 0.29) is 17.7 Å². The van der Waals surface area contributed by atoms with Crippen LogP contribution in [0.15, 0.2) is 11.4 Å². The van der Waals surface area contributed by atoms with Gasteiger partial charge in [-0.15, -0.1) is 11.3 Å². The minimum atomic E-state index is -4.12. The summed E-state index contributed by atoms with van der Waals surface area (Å²) in [4.78, 5) is 20.5. The molecule has 10 nitrogen and oxygen atoms in total. The van der Waals surface area contributed by atoms with Crippen molar-refractivity contribution in [2.75, 3.05) is 24.3 Å². The Bertz CT molecular complexity index is 839. The summed E-state index contributed by atoms with van der Waals surface area (Å²) in [5, 5.41) is 4.02. The first-order valence-electron chi connectivity index (χ1n) is 6.87. The van der Waals surface area contributed by atoms with E-state index in [2.05, 4.69) is 20.0 Å². The topological polar surface area (TPSA) is 132 Å². The number of carbonyl (C=O) groups excluding carboxylic acids is 1. The minimum Gasteiger partial charge on any atom is -0.481 e. The predicted octanol–water partition coefficient (Wildman–Crippen LogP) is 1.65. The highest BCUT2D eigenvalue weighted by atomic mass is 32.2. The molecule has 2 heterocycles. The third kappa shape index (κ3) is 4.93. The van der Waals surface area contributed by atoms with Crippen molar-refractivity contribution in [1.82, 2.24) is 14.7 Å². The van der Waals surface area contributed by atoms with Crippen LogP contribution in [0.1, 0.15) is 10.4 Å².